The summed E-state index contributed by atoms with van der Waals surface area (Å²) in [5, 5.41) is 5.28. The Morgan fingerprint density at radius 3 is 2.90 bits per heavy atom. The molecule has 1 N–H and O–H groups in total. The summed E-state index contributed by atoms with van der Waals surface area (Å²) in [5.74, 6) is -0.552. The summed E-state index contributed by atoms with van der Waals surface area (Å²) >= 11 is 4.75. The predicted octanol–water partition coefficient (Wildman–Crippen LogP) is 4.04. The Kier molecular flexibility index (Phi) is 5.90. The molecule has 2 aromatic rings. The Morgan fingerprint density at radius 1 is 1.48 bits per heavy atom. The van der Waals surface area contributed by atoms with Crippen LogP contribution in [0.25, 0.3) is 0 Å². The molecule has 0 aliphatic heterocycles. The normalized spacial score (nSPS) is 12.1. The van der Waals surface area contributed by atoms with E-state index in [1.165, 1.54) is 13.2 Å². The molecule has 1 atom stereocenters. The van der Waals surface area contributed by atoms with Crippen LogP contribution < -0.4 is 5.32 Å². The van der Waals surface area contributed by atoms with Gasteiger partial charge in [0.25, 0.3) is 0 Å². The van der Waals surface area contributed by atoms with Gasteiger partial charge in [-0.25, -0.2) is 4.39 Å². The second kappa shape index (κ2) is 7.68. The Morgan fingerprint density at radius 2 is 2.29 bits per heavy atom. The topological polar surface area (TPSA) is 38.3 Å². The average molecular weight is 372 g/mol. The standard InChI is InChI=1S/C15H15BrFNO2S/c1-20-15(19)8-13(14-3-2-6-21-14)18-9-10-4-5-12(17)11(16)7-10/h2-7,13,18H,8-9H2,1H3. The summed E-state index contributed by atoms with van der Waals surface area (Å²) in [7, 11) is 1.38. The van der Waals surface area contributed by atoms with Crippen molar-refractivity contribution in [3.63, 3.8) is 0 Å². The molecule has 0 radical (unpaired) electrons. The van der Waals surface area contributed by atoms with E-state index in [2.05, 4.69) is 21.2 Å². The minimum absolute atomic E-state index is 0.110. The molecule has 1 heterocycles. The number of thiophene rings is 1. The number of ether oxygens (including phenoxy) is 1. The maximum atomic E-state index is 13.2. The number of hydrogen-bond acceptors (Lipinski definition) is 4. The van der Waals surface area contributed by atoms with Gasteiger partial charge in [-0.1, -0.05) is 12.1 Å². The van der Waals surface area contributed by atoms with Crippen LogP contribution in [0.3, 0.4) is 0 Å². The zero-order valence-corrected chi connectivity index (χ0v) is 13.8. The molecule has 21 heavy (non-hydrogen) atoms. The van der Waals surface area contributed by atoms with Gasteiger partial charge in [0.15, 0.2) is 0 Å². The first-order valence-corrected chi connectivity index (χ1v) is 8.05. The first kappa shape index (κ1) is 16.1. The quantitative estimate of drug-likeness (QED) is 0.778. The molecule has 0 aliphatic rings. The van der Waals surface area contributed by atoms with Crippen molar-refractivity contribution >= 4 is 33.2 Å². The van der Waals surface area contributed by atoms with E-state index < -0.39 is 0 Å². The minimum Gasteiger partial charge on any atom is -0.469 e. The van der Waals surface area contributed by atoms with Gasteiger partial charge in [0, 0.05) is 11.4 Å². The highest BCUT2D eigenvalue weighted by Gasteiger charge is 2.17. The molecule has 0 saturated heterocycles. The molecule has 0 fully saturated rings. The number of halogens is 2. The fourth-order valence-corrected chi connectivity index (χ4v) is 3.13. The Balaban J connectivity index is 2.04. The van der Waals surface area contributed by atoms with Gasteiger partial charge in [-0.3, -0.25) is 4.79 Å². The number of nitrogens with one attached hydrogen (secondary N) is 1. The number of carbonyl (C=O) groups is 1. The van der Waals surface area contributed by atoms with E-state index in [0.717, 1.165) is 10.4 Å². The molecule has 0 aliphatic carbocycles. The first-order chi connectivity index (χ1) is 10.1. The maximum Gasteiger partial charge on any atom is 0.307 e. The van der Waals surface area contributed by atoms with Crippen LogP contribution in [-0.2, 0) is 16.1 Å². The summed E-state index contributed by atoms with van der Waals surface area (Å²) in [6, 6.07) is 8.68. The van der Waals surface area contributed by atoms with Gasteiger partial charge in [-0.2, -0.15) is 0 Å². The molecule has 1 aromatic carbocycles. The van der Waals surface area contributed by atoms with E-state index in [1.807, 2.05) is 17.5 Å². The second-order valence-corrected chi connectivity index (χ2v) is 6.31. The van der Waals surface area contributed by atoms with Crippen molar-refractivity contribution < 1.29 is 13.9 Å². The van der Waals surface area contributed by atoms with Crippen LogP contribution in [-0.4, -0.2) is 13.1 Å². The van der Waals surface area contributed by atoms with E-state index in [9.17, 15) is 9.18 Å². The van der Waals surface area contributed by atoms with Gasteiger partial charge in [-0.15, -0.1) is 11.3 Å². The van der Waals surface area contributed by atoms with Crippen LogP contribution in [0.1, 0.15) is 22.9 Å². The summed E-state index contributed by atoms with van der Waals surface area (Å²) in [6.07, 6.45) is 0.263. The number of rotatable bonds is 6. The van der Waals surface area contributed by atoms with Gasteiger partial charge in [0.05, 0.1) is 24.0 Å². The van der Waals surface area contributed by atoms with E-state index in [1.54, 1.807) is 23.5 Å². The first-order valence-electron chi connectivity index (χ1n) is 6.37. The number of carbonyl (C=O) groups excluding carboxylic acids is 1. The molecule has 1 aromatic heterocycles. The Hall–Kier alpha value is -1.24. The zero-order valence-electron chi connectivity index (χ0n) is 11.4. The summed E-state index contributed by atoms with van der Waals surface area (Å²) in [5.41, 5.74) is 0.940. The zero-order chi connectivity index (χ0) is 15.2. The fourth-order valence-electron chi connectivity index (χ4n) is 1.90. The molecular formula is C15H15BrFNO2S. The maximum absolute atomic E-state index is 13.2. The number of benzene rings is 1. The van der Waals surface area contributed by atoms with E-state index >= 15 is 0 Å². The van der Waals surface area contributed by atoms with Gasteiger partial charge in [-0.05, 0) is 45.1 Å². The van der Waals surface area contributed by atoms with Crippen molar-refractivity contribution in [1.82, 2.24) is 5.32 Å². The minimum atomic E-state index is -0.289. The smallest absolute Gasteiger partial charge is 0.307 e. The molecule has 2 rings (SSSR count). The number of hydrogen-bond donors (Lipinski definition) is 1. The predicted molar refractivity (Wildman–Crippen MR) is 84.6 cm³/mol. The highest BCUT2D eigenvalue weighted by molar-refractivity contribution is 9.10. The third-order valence-electron chi connectivity index (χ3n) is 3.02. The van der Waals surface area contributed by atoms with Crippen molar-refractivity contribution in [2.24, 2.45) is 0 Å². The summed E-state index contributed by atoms with van der Waals surface area (Å²) in [4.78, 5) is 12.6. The molecule has 112 valence electrons. The Bertz CT molecular complexity index is 604. The number of methoxy groups -OCH3 is 1. The lowest BCUT2D eigenvalue weighted by Crippen LogP contribution is -2.23. The lowest BCUT2D eigenvalue weighted by atomic mass is 10.1. The lowest BCUT2D eigenvalue weighted by molar-refractivity contribution is -0.141. The third kappa shape index (κ3) is 4.62. The largest absolute Gasteiger partial charge is 0.469 e. The van der Waals surface area contributed by atoms with Crippen molar-refractivity contribution in [3.8, 4) is 0 Å². The molecule has 3 nitrogen and oxygen atoms in total. The van der Waals surface area contributed by atoms with Crippen molar-refractivity contribution in [2.75, 3.05) is 7.11 Å². The van der Waals surface area contributed by atoms with Gasteiger partial charge >= 0.3 is 5.97 Å². The molecular weight excluding hydrogens is 357 g/mol. The SMILES string of the molecule is COC(=O)CC(NCc1ccc(F)c(Br)c1)c1cccs1. The molecule has 6 heteroatoms. The van der Waals surface area contributed by atoms with E-state index in [4.69, 9.17) is 4.74 Å². The lowest BCUT2D eigenvalue weighted by Gasteiger charge is -2.16. The third-order valence-corrected chi connectivity index (χ3v) is 4.62. The molecule has 0 saturated carbocycles. The molecule has 0 spiro atoms. The number of esters is 1. The van der Waals surface area contributed by atoms with Crippen molar-refractivity contribution in [2.45, 2.75) is 19.0 Å². The monoisotopic (exact) mass is 371 g/mol. The van der Waals surface area contributed by atoms with Gasteiger partial charge in [0.2, 0.25) is 0 Å². The van der Waals surface area contributed by atoms with Crippen LogP contribution in [0.15, 0.2) is 40.2 Å². The fraction of sp³-hybridized carbons (Fsp3) is 0.267. The van der Waals surface area contributed by atoms with E-state index in [-0.39, 0.29) is 24.2 Å². The average Bonchev–Trinajstić information content (AvgIpc) is 3.00. The van der Waals surface area contributed by atoms with Gasteiger partial charge < -0.3 is 10.1 Å². The highest BCUT2D eigenvalue weighted by atomic mass is 79.9. The van der Waals surface area contributed by atoms with Crippen LogP contribution in [0, 0.1) is 5.82 Å². The van der Waals surface area contributed by atoms with Crippen LogP contribution >= 0.6 is 27.3 Å². The Labute approximate surface area is 135 Å². The summed E-state index contributed by atoms with van der Waals surface area (Å²) in [6.45, 7) is 0.540. The molecule has 1 unspecified atom stereocenters. The highest BCUT2D eigenvalue weighted by Crippen LogP contribution is 2.23. The van der Waals surface area contributed by atoms with Gasteiger partial charge in [0.1, 0.15) is 5.82 Å². The van der Waals surface area contributed by atoms with Crippen LogP contribution in [0.2, 0.25) is 0 Å². The molecule has 0 amide bonds. The van der Waals surface area contributed by atoms with Crippen LogP contribution in [0.4, 0.5) is 4.39 Å². The summed E-state index contributed by atoms with van der Waals surface area (Å²) < 4.78 is 18.4. The molecule has 0 bridgehead atoms. The van der Waals surface area contributed by atoms with Crippen molar-refractivity contribution in [1.29, 1.82) is 0 Å². The van der Waals surface area contributed by atoms with Crippen LogP contribution in [0.5, 0.6) is 0 Å². The second-order valence-electron chi connectivity index (χ2n) is 4.48. The van der Waals surface area contributed by atoms with Crippen molar-refractivity contribution in [3.05, 3.63) is 56.4 Å². The van der Waals surface area contributed by atoms with E-state index in [0.29, 0.717) is 11.0 Å².